The maximum Gasteiger partial charge on any atom is 0.260 e. The molecule has 10 nitrogen and oxygen atoms in total. The minimum Gasteiger partial charge on any atom is -0.491 e. The minimum atomic E-state index is -0.790. The Morgan fingerprint density at radius 3 is 2.53 bits per heavy atom. The molecule has 0 spiro atoms. The number of benzene rings is 3. The summed E-state index contributed by atoms with van der Waals surface area (Å²) < 4.78 is 11.3. The normalized spacial score (nSPS) is 12.8. The summed E-state index contributed by atoms with van der Waals surface area (Å²) in [5.41, 5.74) is 10.9. The Morgan fingerprint density at radius 2 is 1.76 bits per heavy atom. The molecule has 0 saturated heterocycles. The maximum absolute atomic E-state index is 13.5. The molecule has 0 radical (unpaired) electrons. The lowest BCUT2D eigenvalue weighted by Crippen LogP contribution is -2.41. The number of amides is 3. The molecule has 3 amide bonds. The number of halogens is 1. The monoisotopic (exact) mass is 533 g/mol. The summed E-state index contributed by atoms with van der Waals surface area (Å²) >= 11 is 6.45. The number of nitrogens with zero attached hydrogens (tertiary/aromatic N) is 5. The molecule has 0 saturated carbocycles. The fraction of sp³-hybridized carbons (Fsp3) is 0.222. The Morgan fingerprint density at radius 1 is 1.00 bits per heavy atom. The van der Waals surface area contributed by atoms with E-state index in [-0.39, 0.29) is 30.2 Å². The van der Waals surface area contributed by atoms with Crippen molar-refractivity contribution in [1.29, 1.82) is 0 Å². The molecule has 1 heterocycles. The van der Waals surface area contributed by atoms with E-state index in [0.29, 0.717) is 36.8 Å². The van der Waals surface area contributed by atoms with Crippen LogP contribution in [0.25, 0.3) is 10.4 Å². The van der Waals surface area contributed by atoms with Crippen molar-refractivity contribution in [3.63, 3.8) is 0 Å². The number of rotatable bonds is 9. The van der Waals surface area contributed by atoms with Crippen LogP contribution >= 0.6 is 11.6 Å². The van der Waals surface area contributed by atoms with E-state index in [2.05, 4.69) is 10.0 Å². The molecule has 3 aromatic carbocycles. The van der Waals surface area contributed by atoms with Crippen molar-refractivity contribution in [1.82, 2.24) is 4.90 Å². The first-order chi connectivity index (χ1) is 18.5. The second kappa shape index (κ2) is 12.7. The average molecular weight is 534 g/mol. The molecule has 4 rings (SSSR count). The summed E-state index contributed by atoms with van der Waals surface area (Å²) in [6.07, 6.45) is 0. The van der Waals surface area contributed by atoms with Gasteiger partial charge in [-0.05, 0) is 46.0 Å². The molecule has 11 heteroatoms. The highest BCUT2D eigenvalue weighted by Crippen LogP contribution is 2.30. The van der Waals surface area contributed by atoms with Gasteiger partial charge in [-0.15, -0.1) is 0 Å². The van der Waals surface area contributed by atoms with Crippen LogP contribution in [0.3, 0.4) is 0 Å². The van der Waals surface area contributed by atoms with Crippen LogP contribution in [-0.2, 0) is 27.5 Å². The van der Waals surface area contributed by atoms with Crippen LogP contribution < -0.4 is 9.64 Å². The van der Waals surface area contributed by atoms with Crippen LogP contribution in [0.5, 0.6) is 5.75 Å². The van der Waals surface area contributed by atoms with Gasteiger partial charge in [0.15, 0.2) is 0 Å². The molecule has 0 N–H and O–H groups in total. The quantitative estimate of drug-likeness (QED) is 0.170. The zero-order chi connectivity index (χ0) is 26.9. The van der Waals surface area contributed by atoms with Crippen molar-refractivity contribution in [3.05, 3.63) is 105 Å². The number of hydrogen-bond acceptors (Lipinski definition) is 5. The summed E-state index contributed by atoms with van der Waals surface area (Å²) in [5, 5.41) is 3.21. The number of carbonyl (C=O) groups excluding carboxylic acids is 3. The number of carbonyl (C=O) groups is 3. The van der Waals surface area contributed by atoms with Crippen LogP contribution in [0.4, 0.5) is 5.69 Å². The Balaban J connectivity index is 1.43. The molecule has 0 aliphatic carbocycles. The first kappa shape index (κ1) is 26.7. The molecule has 0 aromatic heterocycles. The van der Waals surface area contributed by atoms with Gasteiger partial charge in [-0.3, -0.25) is 19.3 Å². The van der Waals surface area contributed by atoms with Crippen LogP contribution in [0.1, 0.15) is 21.5 Å². The molecule has 0 bridgehead atoms. The van der Waals surface area contributed by atoms with Gasteiger partial charge in [-0.25, -0.2) is 0 Å². The number of ether oxygens (including phenoxy) is 2. The van der Waals surface area contributed by atoms with E-state index in [1.54, 1.807) is 42.5 Å². The highest BCUT2D eigenvalue weighted by molar-refractivity contribution is 6.34. The summed E-state index contributed by atoms with van der Waals surface area (Å²) in [5.74, 6) is -1.26. The lowest BCUT2D eigenvalue weighted by atomic mass is 10.1. The highest BCUT2D eigenvalue weighted by Gasteiger charge is 2.31. The first-order valence-electron chi connectivity index (χ1n) is 11.8. The Bertz CT molecular complexity index is 1380. The van der Waals surface area contributed by atoms with E-state index in [4.69, 9.17) is 26.6 Å². The standard InChI is InChI=1S/C27H24ClN5O5/c28-23-14-21(38-13-12-37-18-19-6-2-1-3-7-19)10-11-22(23)27(36)33-17-26(35)32(16-25(34)30-31-29)15-20-8-4-5-9-24(20)33/h1-11,14H,12-13,15-18H2. The van der Waals surface area contributed by atoms with E-state index < -0.39 is 17.7 Å². The third-order valence-corrected chi connectivity index (χ3v) is 6.11. The van der Waals surface area contributed by atoms with Gasteiger partial charge in [0.25, 0.3) is 5.91 Å². The number of para-hydroxylation sites is 1. The lowest BCUT2D eigenvalue weighted by molar-refractivity contribution is -0.134. The van der Waals surface area contributed by atoms with Gasteiger partial charge in [0.1, 0.15) is 18.9 Å². The predicted molar refractivity (Wildman–Crippen MR) is 141 cm³/mol. The van der Waals surface area contributed by atoms with Gasteiger partial charge in [-0.2, -0.15) is 0 Å². The topological polar surface area (TPSA) is 125 Å². The van der Waals surface area contributed by atoms with Crippen molar-refractivity contribution in [2.45, 2.75) is 13.2 Å². The fourth-order valence-electron chi connectivity index (χ4n) is 3.98. The van der Waals surface area contributed by atoms with Gasteiger partial charge >= 0.3 is 0 Å². The molecule has 194 valence electrons. The SMILES string of the molecule is [N-]=[N+]=NC(=O)CN1Cc2ccccc2N(C(=O)c2ccc(OCCOCc3ccccc3)cc2Cl)CC1=O. The van der Waals surface area contributed by atoms with Crippen LogP contribution in [0, 0.1) is 0 Å². The van der Waals surface area contributed by atoms with Crippen LogP contribution in [0.2, 0.25) is 5.02 Å². The molecule has 0 fully saturated rings. The van der Waals surface area contributed by atoms with E-state index in [9.17, 15) is 14.4 Å². The first-order valence-corrected chi connectivity index (χ1v) is 12.1. The van der Waals surface area contributed by atoms with E-state index in [1.165, 1.54) is 9.80 Å². The van der Waals surface area contributed by atoms with Crippen LogP contribution in [-0.4, -0.2) is 48.9 Å². The minimum absolute atomic E-state index is 0.0817. The summed E-state index contributed by atoms with van der Waals surface area (Å²) in [6, 6.07) is 21.5. The Labute approximate surface area is 223 Å². The van der Waals surface area contributed by atoms with Gasteiger partial charge in [0, 0.05) is 17.1 Å². The maximum atomic E-state index is 13.5. The van der Waals surface area contributed by atoms with Crippen LogP contribution in [0.15, 0.2) is 77.9 Å². The van der Waals surface area contributed by atoms with E-state index >= 15 is 0 Å². The fourth-order valence-corrected chi connectivity index (χ4v) is 4.23. The second-order valence-electron chi connectivity index (χ2n) is 8.38. The van der Waals surface area contributed by atoms with Crippen molar-refractivity contribution in [3.8, 4) is 5.75 Å². The predicted octanol–water partition coefficient (Wildman–Crippen LogP) is 4.76. The average Bonchev–Trinajstić information content (AvgIpc) is 3.05. The third-order valence-electron chi connectivity index (χ3n) is 5.80. The molecule has 0 atom stereocenters. The Kier molecular flexibility index (Phi) is 8.94. The van der Waals surface area contributed by atoms with Crippen molar-refractivity contribution >= 4 is 35.0 Å². The van der Waals surface area contributed by atoms with Gasteiger partial charge < -0.3 is 14.4 Å². The van der Waals surface area contributed by atoms with E-state index in [1.807, 2.05) is 30.3 Å². The molecule has 38 heavy (non-hydrogen) atoms. The van der Waals surface area contributed by atoms with Gasteiger partial charge in [0.05, 0.1) is 30.3 Å². The Hall–Kier alpha value is -4.37. The molecule has 3 aromatic rings. The summed E-state index contributed by atoms with van der Waals surface area (Å²) in [4.78, 5) is 43.4. The van der Waals surface area contributed by atoms with Crippen molar-refractivity contribution < 1.29 is 23.9 Å². The molecular formula is C27H24ClN5O5. The molecule has 1 aliphatic heterocycles. The molecule has 0 unspecified atom stereocenters. The largest absolute Gasteiger partial charge is 0.491 e. The van der Waals surface area contributed by atoms with Crippen molar-refractivity contribution in [2.24, 2.45) is 5.11 Å². The second-order valence-corrected chi connectivity index (χ2v) is 8.79. The summed E-state index contributed by atoms with van der Waals surface area (Å²) in [7, 11) is 0. The lowest BCUT2D eigenvalue weighted by Gasteiger charge is -2.23. The zero-order valence-corrected chi connectivity index (χ0v) is 21.1. The van der Waals surface area contributed by atoms with Crippen molar-refractivity contribution in [2.75, 3.05) is 31.2 Å². The molecule has 1 aliphatic rings. The molecular weight excluding hydrogens is 510 g/mol. The van der Waals surface area contributed by atoms with Gasteiger partial charge in [-0.1, -0.05) is 60.1 Å². The number of azide groups is 1. The third kappa shape index (κ3) is 6.68. The highest BCUT2D eigenvalue weighted by atomic mass is 35.5. The smallest absolute Gasteiger partial charge is 0.260 e. The number of fused-ring (bicyclic) bond motifs is 1. The zero-order valence-electron chi connectivity index (χ0n) is 20.3. The number of hydrogen-bond donors (Lipinski definition) is 0. The number of anilines is 1. The van der Waals surface area contributed by atoms with E-state index in [0.717, 1.165) is 5.56 Å². The summed E-state index contributed by atoms with van der Waals surface area (Å²) in [6.45, 7) is 0.533. The van der Waals surface area contributed by atoms with Gasteiger partial charge in [0.2, 0.25) is 11.8 Å².